The summed E-state index contributed by atoms with van der Waals surface area (Å²) in [4.78, 5) is 40.6. The third-order valence-electron chi connectivity index (χ3n) is 8.40. The topological polar surface area (TPSA) is 185 Å². The van der Waals surface area contributed by atoms with Gasteiger partial charge in [0.05, 0.1) is 25.8 Å². The van der Waals surface area contributed by atoms with Crippen LogP contribution in [-0.4, -0.2) is 86.0 Å². The van der Waals surface area contributed by atoms with E-state index < -0.39 is 60.7 Å². The average Bonchev–Trinajstić information content (AvgIpc) is 3.60. The van der Waals surface area contributed by atoms with Gasteiger partial charge in [-0.3, -0.25) is 14.4 Å². The fraction of sp³-hybridized carbons (Fsp3) is 0.343. The number of methoxy groups -OCH3 is 1. The first-order valence-electron chi connectivity index (χ1n) is 15.5. The van der Waals surface area contributed by atoms with Gasteiger partial charge in [0.1, 0.15) is 35.8 Å². The molecule has 0 radical (unpaired) electrons. The van der Waals surface area contributed by atoms with E-state index in [1.165, 1.54) is 13.1 Å². The number of benzene rings is 3. The zero-order chi connectivity index (χ0) is 34.2. The van der Waals surface area contributed by atoms with Gasteiger partial charge in [0.25, 0.3) is 0 Å². The summed E-state index contributed by atoms with van der Waals surface area (Å²) in [7, 11) is 1.54. The van der Waals surface area contributed by atoms with Crippen molar-refractivity contribution < 1.29 is 39.2 Å². The molecule has 2 heterocycles. The monoisotopic (exact) mass is 657 g/mol. The Balaban J connectivity index is 1.52. The minimum absolute atomic E-state index is 0.0864. The lowest BCUT2D eigenvalue weighted by atomic mass is 9.78. The zero-order valence-electron chi connectivity index (χ0n) is 26.5. The van der Waals surface area contributed by atoms with Gasteiger partial charge in [-0.25, -0.2) is 4.68 Å². The van der Waals surface area contributed by atoms with Crippen LogP contribution in [0.1, 0.15) is 46.2 Å². The van der Waals surface area contributed by atoms with Crippen molar-refractivity contribution in [2.75, 3.05) is 13.7 Å². The van der Waals surface area contributed by atoms with Crippen LogP contribution in [0, 0.1) is 5.92 Å². The van der Waals surface area contributed by atoms with E-state index >= 15 is 0 Å². The van der Waals surface area contributed by atoms with Crippen molar-refractivity contribution in [1.29, 1.82) is 0 Å². The fourth-order valence-electron chi connectivity index (χ4n) is 5.92. The summed E-state index contributed by atoms with van der Waals surface area (Å²) in [5.41, 5.74) is 2.22. The fourth-order valence-corrected chi connectivity index (χ4v) is 5.92. The summed E-state index contributed by atoms with van der Waals surface area (Å²) < 4.78 is 12.3. The largest absolute Gasteiger partial charge is 0.497 e. The highest BCUT2D eigenvalue weighted by atomic mass is 16.5. The number of Topliss-reactive ketones (excluding diaryl/α,β-unsaturated/α-hetero) is 1. The van der Waals surface area contributed by atoms with E-state index in [9.17, 15) is 29.7 Å². The van der Waals surface area contributed by atoms with Crippen molar-refractivity contribution in [2.24, 2.45) is 5.92 Å². The van der Waals surface area contributed by atoms with Crippen LogP contribution in [0.3, 0.4) is 0 Å². The quantitative estimate of drug-likeness (QED) is 0.132. The van der Waals surface area contributed by atoms with Crippen LogP contribution in [0.5, 0.6) is 5.75 Å². The molecule has 1 saturated heterocycles. The van der Waals surface area contributed by atoms with Gasteiger partial charge < -0.3 is 35.4 Å². The number of aliphatic hydroxyl groups excluding tert-OH is 3. The van der Waals surface area contributed by atoms with Crippen LogP contribution < -0.4 is 15.4 Å². The molecule has 1 aromatic heterocycles. The molecule has 2 amide bonds. The van der Waals surface area contributed by atoms with Gasteiger partial charge >= 0.3 is 0 Å². The average molecular weight is 658 g/mol. The van der Waals surface area contributed by atoms with Crippen LogP contribution >= 0.6 is 0 Å². The van der Waals surface area contributed by atoms with Gasteiger partial charge in [-0.2, -0.15) is 0 Å². The van der Waals surface area contributed by atoms with Crippen LogP contribution in [0.4, 0.5) is 0 Å². The molecule has 0 bridgehead atoms. The molecule has 3 aromatic carbocycles. The Bertz CT molecular complexity index is 1670. The maximum atomic E-state index is 14.5. The van der Waals surface area contributed by atoms with E-state index in [-0.39, 0.29) is 24.6 Å². The van der Waals surface area contributed by atoms with Gasteiger partial charge in [0.2, 0.25) is 11.8 Å². The molecule has 252 valence electrons. The highest BCUT2D eigenvalue weighted by Gasteiger charge is 2.46. The van der Waals surface area contributed by atoms with Crippen molar-refractivity contribution in [3.63, 3.8) is 0 Å². The number of carbonyl (C=O) groups is 3. The van der Waals surface area contributed by atoms with Gasteiger partial charge in [0, 0.05) is 19.4 Å². The Kier molecular flexibility index (Phi) is 11.3. The number of amides is 2. The molecule has 48 heavy (non-hydrogen) atoms. The van der Waals surface area contributed by atoms with Crippen LogP contribution in [0.25, 0.3) is 0 Å². The molecule has 1 aliphatic rings. The van der Waals surface area contributed by atoms with Gasteiger partial charge in [-0.05, 0) is 35.2 Å². The Morgan fingerprint density at radius 2 is 1.58 bits per heavy atom. The lowest BCUT2D eigenvalue weighted by Gasteiger charge is -2.42. The van der Waals surface area contributed by atoms with E-state index in [0.717, 1.165) is 15.8 Å². The summed E-state index contributed by atoms with van der Waals surface area (Å²) in [6, 6.07) is 24.5. The third-order valence-corrected chi connectivity index (χ3v) is 8.40. The maximum absolute atomic E-state index is 14.5. The molecule has 1 fully saturated rings. The minimum atomic E-state index is -1.52. The Morgan fingerprint density at radius 3 is 2.19 bits per heavy atom. The number of aliphatic hydroxyl groups is 3. The van der Waals surface area contributed by atoms with Crippen molar-refractivity contribution in [1.82, 2.24) is 25.6 Å². The van der Waals surface area contributed by atoms with E-state index in [1.54, 1.807) is 31.4 Å². The van der Waals surface area contributed by atoms with E-state index in [2.05, 4.69) is 20.9 Å². The van der Waals surface area contributed by atoms with Crippen molar-refractivity contribution in [3.05, 3.63) is 114 Å². The van der Waals surface area contributed by atoms with Crippen LogP contribution in [-0.2, 0) is 27.3 Å². The van der Waals surface area contributed by atoms with E-state index in [0.29, 0.717) is 11.3 Å². The van der Waals surface area contributed by atoms with Crippen molar-refractivity contribution >= 4 is 17.6 Å². The summed E-state index contributed by atoms with van der Waals surface area (Å²) in [5, 5.41) is 44.7. The van der Waals surface area contributed by atoms with Crippen molar-refractivity contribution in [3.8, 4) is 5.75 Å². The van der Waals surface area contributed by atoms with Crippen LogP contribution in [0.15, 0.2) is 91.1 Å². The molecule has 13 heteroatoms. The van der Waals surface area contributed by atoms with Crippen LogP contribution in [0.2, 0.25) is 0 Å². The molecular formula is C35H39N5O8. The Hall–Kier alpha value is -4.95. The first kappa shape index (κ1) is 34.4. The smallest absolute Gasteiger partial charge is 0.228 e. The number of nitrogens with zero attached hydrogens (tertiary/aromatic N) is 3. The SMILES string of the molecule is COc1ccc(C(C(=O)NCc2ccccc2)C(Cc2ccccc2)C(=O)c2cn(C3OC(CO)C(O)C(O)C3NC(C)=O)nn2)cc1. The third kappa shape index (κ3) is 7.94. The first-order valence-corrected chi connectivity index (χ1v) is 15.5. The Labute approximate surface area is 277 Å². The van der Waals surface area contributed by atoms with E-state index in [1.807, 2.05) is 60.7 Å². The van der Waals surface area contributed by atoms with E-state index in [4.69, 9.17) is 9.47 Å². The predicted molar refractivity (Wildman–Crippen MR) is 173 cm³/mol. The molecular weight excluding hydrogens is 618 g/mol. The Morgan fingerprint density at radius 1 is 0.938 bits per heavy atom. The lowest BCUT2D eigenvalue weighted by Crippen LogP contribution is -2.62. The number of carbonyl (C=O) groups excluding carboxylic acids is 3. The number of hydrogen-bond acceptors (Lipinski definition) is 10. The number of ether oxygens (including phenoxy) is 2. The lowest BCUT2D eigenvalue weighted by molar-refractivity contribution is -0.219. The molecule has 5 rings (SSSR count). The molecule has 4 aromatic rings. The second-order valence-corrected chi connectivity index (χ2v) is 11.7. The maximum Gasteiger partial charge on any atom is 0.228 e. The number of ketones is 1. The zero-order valence-corrected chi connectivity index (χ0v) is 26.5. The highest BCUT2D eigenvalue weighted by Crippen LogP contribution is 2.33. The number of hydrogen-bond donors (Lipinski definition) is 5. The molecule has 0 aliphatic carbocycles. The summed E-state index contributed by atoms with van der Waals surface area (Å²) in [6.45, 7) is 0.863. The standard InChI is InChI=1S/C35H39N5O8/c1-21(42)37-30-33(45)32(44)28(20-41)48-35(30)40-19-27(38-39-40)31(43)26(17-22-9-5-3-6-10-22)29(24-13-15-25(47-2)16-14-24)34(46)36-18-23-11-7-4-8-12-23/h3-16,19,26,28-30,32-33,35,41,44-45H,17-18,20H2,1-2H3,(H,36,46)(H,37,42). The predicted octanol–water partition coefficient (Wildman–Crippen LogP) is 1.54. The van der Waals surface area contributed by atoms with Gasteiger partial charge in [-0.1, -0.05) is 78.0 Å². The normalized spacial score (nSPS) is 21.9. The van der Waals surface area contributed by atoms with Gasteiger partial charge in [-0.15, -0.1) is 5.10 Å². The second-order valence-electron chi connectivity index (χ2n) is 11.7. The second kappa shape index (κ2) is 15.8. The van der Waals surface area contributed by atoms with Gasteiger partial charge in [0.15, 0.2) is 12.0 Å². The summed E-state index contributed by atoms with van der Waals surface area (Å²) >= 11 is 0. The molecule has 7 atom stereocenters. The van der Waals surface area contributed by atoms with Crippen molar-refractivity contribution in [2.45, 2.75) is 56.4 Å². The highest BCUT2D eigenvalue weighted by molar-refractivity contribution is 6.00. The molecule has 7 unspecified atom stereocenters. The molecule has 1 aliphatic heterocycles. The summed E-state index contributed by atoms with van der Waals surface area (Å²) in [6.07, 6.45) is -3.94. The summed E-state index contributed by atoms with van der Waals surface area (Å²) in [5.74, 6) is -2.66. The molecule has 0 spiro atoms. The number of rotatable bonds is 13. The number of aromatic nitrogens is 3. The minimum Gasteiger partial charge on any atom is -0.497 e. The molecule has 5 N–H and O–H groups in total. The molecule has 13 nitrogen and oxygen atoms in total. The molecule has 0 saturated carbocycles. The first-order chi connectivity index (χ1) is 23.2. The number of nitrogens with one attached hydrogen (secondary N) is 2.